The van der Waals surface area contributed by atoms with Crippen molar-refractivity contribution in [2.75, 3.05) is 24.4 Å². The molecule has 7 heteroatoms. The summed E-state index contributed by atoms with van der Waals surface area (Å²) in [6, 6.07) is 11.9. The summed E-state index contributed by atoms with van der Waals surface area (Å²) in [7, 11) is 1.50. The number of rotatable bonds is 7. The van der Waals surface area contributed by atoms with Crippen LogP contribution < -0.4 is 15.4 Å². The van der Waals surface area contributed by atoms with E-state index in [1.807, 2.05) is 13.0 Å². The molecular weight excluding hydrogens is 372 g/mol. The van der Waals surface area contributed by atoms with Gasteiger partial charge in [-0.15, -0.1) is 0 Å². The number of para-hydroxylation sites is 1. The average molecular weight is 398 g/mol. The van der Waals surface area contributed by atoms with Gasteiger partial charge >= 0.3 is 5.97 Å². The highest BCUT2D eigenvalue weighted by molar-refractivity contribution is 6.15. The van der Waals surface area contributed by atoms with Crippen molar-refractivity contribution in [1.82, 2.24) is 0 Å². The van der Waals surface area contributed by atoms with Crippen LogP contribution in [0.4, 0.5) is 11.4 Å². The van der Waals surface area contributed by atoms with Crippen molar-refractivity contribution in [1.29, 1.82) is 0 Å². The summed E-state index contributed by atoms with van der Waals surface area (Å²) in [5.41, 5.74) is 0.498. The number of nitrogens with one attached hydrogen (secondary N) is 2. The molecule has 7 nitrogen and oxygen atoms in total. The Morgan fingerprint density at radius 2 is 1.59 bits per heavy atom. The zero-order valence-corrected chi connectivity index (χ0v) is 17.3. The Kier molecular flexibility index (Phi) is 6.98. The molecule has 0 fully saturated rings. The van der Waals surface area contributed by atoms with Crippen LogP contribution in [0.1, 0.15) is 36.7 Å². The van der Waals surface area contributed by atoms with Gasteiger partial charge in [-0.05, 0) is 57.5 Å². The number of anilines is 2. The highest BCUT2D eigenvalue weighted by Crippen LogP contribution is 2.29. The number of methoxy groups -OCH3 is 1. The van der Waals surface area contributed by atoms with Crippen LogP contribution in [0.2, 0.25) is 0 Å². The molecule has 0 atom stereocenters. The van der Waals surface area contributed by atoms with Crippen molar-refractivity contribution in [2.24, 2.45) is 5.41 Å². The second-order valence-electron chi connectivity index (χ2n) is 7.00. The number of esters is 1. The van der Waals surface area contributed by atoms with Gasteiger partial charge in [0.25, 0.3) is 0 Å². The molecule has 2 N–H and O–H groups in total. The van der Waals surface area contributed by atoms with Crippen LogP contribution in [0.3, 0.4) is 0 Å². The van der Waals surface area contributed by atoms with Gasteiger partial charge in [-0.1, -0.05) is 18.2 Å². The molecule has 0 heterocycles. The van der Waals surface area contributed by atoms with Gasteiger partial charge < -0.3 is 20.1 Å². The first-order chi connectivity index (χ1) is 13.7. The number of hydrogen-bond acceptors (Lipinski definition) is 5. The molecule has 2 aromatic rings. The van der Waals surface area contributed by atoms with Gasteiger partial charge in [0.15, 0.2) is 0 Å². The largest absolute Gasteiger partial charge is 0.495 e. The second kappa shape index (κ2) is 9.23. The number of carbonyl (C=O) groups is 3. The third-order valence-electron chi connectivity index (χ3n) is 4.41. The average Bonchev–Trinajstić information content (AvgIpc) is 2.68. The molecule has 2 amide bonds. The zero-order chi connectivity index (χ0) is 21.6. The van der Waals surface area contributed by atoms with E-state index in [-0.39, 0.29) is 17.9 Å². The second-order valence-corrected chi connectivity index (χ2v) is 7.00. The molecule has 0 saturated carbocycles. The minimum Gasteiger partial charge on any atom is -0.495 e. The van der Waals surface area contributed by atoms with Gasteiger partial charge in [-0.2, -0.15) is 0 Å². The first kappa shape index (κ1) is 21.9. The van der Waals surface area contributed by atoms with E-state index in [1.54, 1.807) is 43.3 Å². The maximum absolute atomic E-state index is 12.9. The van der Waals surface area contributed by atoms with Crippen LogP contribution in [-0.2, 0) is 14.3 Å². The van der Waals surface area contributed by atoms with Gasteiger partial charge in [0.2, 0.25) is 11.8 Å². The Bertz CT molecular complexity index is 921. The molecule has 0 aromatic heterocycles. The molecule has 0 spiro atoms. The van der Waals surface area contributed by atoms with Gasteiger partial charge in [0.05, 0.1) is 30.7 Å². The van der Waals surface area contributed by atoms with Gasteiger partial charge in [-0.3, -0.25) is 9.59 Å². The minimum atomic E-state index is -1.42. The summed E-state index contributed by atoms with van der Waals surface area (Å²) in [6.07, 6.45) is 0. The maximum Gasteiger partial charge on any atom is 0.340 e. The van der Waals surface area contributed by atoms with E-state index in [0.29, 0.717) is 11.4 Å². The van der Waals surface area contributed by atoms with E-state index < -0.39 is 23.2 Å². The molecule has 2 aromatic carbocycles. The standard InChI is InChI=1S/C22H26N2O5/c1-6-29-19(25)15-9-7-8-10-16(15)23-20(26)22(3,4)21(27)24-17-13-14(2)11-12-18(17)28-5/h7-13H,6H2,1-5H3,(H,23,26)(H,24,27). The van der Waals surface area contributed by atoms with Crippen LogP contribution >= 0.6 is 0 Å². The molecular formula is C22H26N2O5. The topological polar surface area (TPSA) is 93.7 Å². The third kappa shape index (κ3) is 5.13. The Morgan fingerprint density at radius 1 is 0.966 bits per heavy atom. The van der Waals surface area contributed by atoms with Crippen LogP contribution in [-0.4, -0.2) is 31.5 Å². The lowest BCUT2D eigenvalue weighted by Crippen LogP contribution is -2.42. The lowest BCUT2D eigenvalue weighted by molar-refractivity contribution is -0.135. The summed E-state index contributed by atoms with van der Waals surface area (Å²) in [5.74, 6) is -1.12. The lowest BCUT2D eigenvalue weighted by Gasteiger charge is -2.24. The molecule has 0 aliphatic carbocycles. The molecule has 154 valence electrons. The van der Waals surface area contributed by atoms with Crippen molar-refractivity contribution in [2.45, 2.75) is 27.7 Å². The fraction of sp³-hybridized carbons (Fsp3) is 0.318. The zero-order valence-electron chi connectivity index (χ0n) is 17.3. The third-order valence-corrected chi connectivity index (χ3v) is 4.41. The van der Waals surface area contributed by atoms with Crippen molar-refractivity contribution in [3.05, 3.63) is 53.6 Å². The first-order valence-corrected chi connectivity index (χ1v) is 9.24. The number of ether oxygens (including phenoxy) is 2. The summed E-state index contributed by atoms with van der Waals surface area (Å²) in [5, 5.41) is 5.42. The summed E-state index contributed by atoms with van der Waals surface area (Å²) < 4.78 is 10.3. The predicted molar refractivity (Wildman–Crippen MR) is 111 cm³/mol. The summed E-state index contributed by atoms with van der Waals surface area (Å²) in [4.78, 5) is 37.8. The molecule has 0 radical (unpaired) electrons. The van der Waals surface area contributed by atoms with E-state index >= 15 is 0 Å². The molecule has 0 unspecified atom stereocenters. The molecule has 0 bridgehead atoms. The first-order valence-electron chi connectivity index (χ1n) is 9.24. The lowest BCUT2D eigenvalue weighted by atomic mass is 9.90. The number of aryl methyl sites for hydroxylation is 1. The van der Waals surface area contributed by atoms with Crippen molar-refractivity contribution >= 4 is 29.2 Å². The van der Waals surface area contributed by atoms with Gasteiger partial charge in [-0.25, -0.2) is 4.79 Å². The maximum atomic E-state index is 12.9. The van der Waals surface area contributed by atoms with E-state index in [2.05, 4.69) is 10.6 Å². The summed E-state index contributed by atoms with van der Waals surface area (Å²) in [6.45, 7) is 6.82. The van der Waals surface area contributed by atoms with E-state index in [9.17, 15) is 14.4 Å². The smallest absolute Gasteiger partial charge is 0.340 e. The minimum absolute atomic E-state index is 0.216. The van der Waals surface area contributed by atoms with Crippen molar-refractivity contribution in [3.8, 4) is 5.75 Å². The van der Waals surface area contributed by atoms with Crippen molar-refractivity contribution in [3.63, 3.8) is 0 Å². The predicted octanol–water partition coefficient (Wildman–Crippen LogP) is 3.78. The quantitative estimate of drug-likeness (QED) is 0.547. The van der Waals surface area contributed by atoms with Crippen LogP contribution in [0.25, 0.3) is 0 Å². The van der Waals surface area contributed by atoms with E-state index in [0.717, 1.165) is 5.56 Å². The Morgan fingerprint density at radius 3 is 2.21 bits per heavy atom. The normalized spacial score (nSPS) is 10.8. The van der Waals surface area contributed by atoms with E-state index in [1.165, 1.54) is 21.0 Å². The Labute approximate surface area is 170 Å². The molecule has 2 rings (SSSR count). The monoisotopic (exact) mass is 398 g/mol. The number of amides is 2. The fourth-order valence-electron chi connectivity index (χ4n) is 2.56. The highest BCUT2D eigenvalue weighted by Gasteiger charge is 2.37. The number of benzene rings is 2. The summed E-state index contributed by atoms with van der Waals surface area (Å²) >= 11 is 0. The molecule has 29 heavy (non-hydrogen) atoms. The van der Waals surface area contributed by atoms with E-state index in [4.69, 9.17) is 9.47 Å². The fourth-order valence-corrected chi connectivity index (χ4v) is 2.56. The number of carbonyl (C=O) groups excluding carboxylic acids is 3. The van der Waals surface area contributed by atoms with Crippen LogP contribution in [0.5, 0.6) is 5.75 Å². The van der Waals surface area contributed by atoms with Crippen molar-refractivity contribution < 1.29 is 23.9 Å². The molecule has 0 aliphatic rings. The molecule has 0 saturated heterocycles. The SMILES string of the molecule is CCOC(=O)c1ccccc1NC(=O)C(C)(C)C(=O)Nc1cc(C)ccc1OC. The highest BCUT2D eigenvalue weighted by atomic mass is 16.5. The molecule has 0 aliphatic heterocycles. The van der Waals surface area contributed by atoms with Gasteiger partial charge in [0.1, 0.15) is 11.2 Å². The Balaban J connectivity index is 2.21. The Hall–Kier alpha value is -3.35. The number of hydrogen-bond donors (Lipinski definition) is 2. The van der Waals surface area contributed by atoms with Gasteiger partial charge in [0, 0.05) is 0 Å². The van der Waals surface area contributed by atoms with Crippen LogP contribution in [0.15, 0.2) is 42.5 Å². The van der Waals surface area contributed by atoms with Crippen LogP contribution in [0, 0.1) is 12.3 Å².